The summed E-state index contributed by atoms with van der Waals surface area (Å²) < 4.78 is 12.5. The van der Waals surface area contributed by atoms with Crippen LogP contribution in [0.15, 0.2) is 47.5 Å². The van der Waals surface area contributed by atoms with Crippen molar-refractivity contribution in [3.63, 3.8) is 0 Å². The van der Waals surface area contributed by atoms with Gasteiger partial charge in [-0.3, -0.25) is 9.36 Å². The van der Waals surface area contributed by atoms with E-state index >= 15 is 0 Å². The Labute approximate surface area is 194 Å². The molecule has 0 aliphatic carbocycles. The lowest BCUT2D eigenvalue weighted by molar-refractivity contribution is -0.113. The molecular formula is C22H24N4O4S2. The van der Waals surface area contributed by atoms with Crippen LogP contribution in [0.25, 0.3) is 0 Å². The molecule has 8 nitrogen and oxygen atoms in total. The predicted molar refractivity (Wildman–Crippen MR) is 125 cm³/mol. The number of benzene rings is 1. The molecule has 0 saturated carbocycles. The van der Waals surface area contributed by atoms with E-state index in [1.54, 1.807) is 17.5 Å². The third-order valence-electron chi connectivity index (χ3n) is 4.46. The molecule has 0 spiro atoms. The maximum absolute atomic E-state index is 12.4. The quantitative estimate of drug-likeness (QED) is 0.268. The third kappa shape index (κ3) is 5.77. The van der Waals surface area contributed by atoms with Crippen molar-refractivity contribution in [1.82, 2.24) is 14.8 Å². The first kappa shape index (κ1) is 23.6. The van der Waals surface area contributed by atoms with E-state index in [-0.39, 0.29) is 18.3 Å². The highest BCUT2D eigenvalue weighted by Gasteiger charge is 2.18. The zero-order chi connectivity index (χ0) is 23.1. The second-order valence-electron chi connectivity index (χ2n) is 6.85. The van der Waals surface area contributed by atoms with E-state index in [1.807, 2.05) is 36.6 Å². The van der Waals surface area contributed by atoms with Crippen LogP contribution in [0.5, 0.6) is 5.75 Å². The number of ether oxygens (including phenoxy) is 2. The Balaban J connectivity index is 1.64. The van der Waals surface area contributed by atoms with Crippen molar-refractivity contribution in [1.29, 1.82) is 0 Å². The number of amides is 1. The van der Waals surface area contributed by atoms with Crippen LogP contribution in [0.1, 0.15) is 27.3 Å². The number of esters is 1. The normalized spacial score (nSPS) is 10.6. The number of nitrogens with zero attached hydrogens (tertiary/aromatic N) is 3. The fourth-order valence-electron chi connectivity index (χ4n) is 2.82. The number of nitrogens with one attached hydrogen (secondary N) is 1. The first-order valence-electron chi connectivity index (χ1n) is 9.74. The maximum atomic E-state index is 12.4. The Morgan fingerprint density at radius 1 is 1.28 bits per heavy atom. The van der Waals surface area contributed by atoms with Gasteiger partial charge in [0.25, 0.3) is 0 Å². The van der Waals surface area contributed by atoms with E-state index in [4.69, 9.17) is 9.47 Å². The van der Waals surface area contributed by atoms with Gasteiger partial charge < -0.3 is 14.8 Å². The van der Waals surface area contributed by atoms with Gasteiger partial charge in [0.2, 0.25) is 5.91 Å². The number of methoxy groups -OCH3 is 1. The molecule has 0 unspecified atom stereocenters. The van der Waals surface area contributed by atoms with Crippen molar-refractivity contribution >= 4 is 40.0 Å². The van der Waals surface area contributed by atoms with Crippen LogP contribution < -0.4 is 10.1 Å². The van der Waals surface area contributed by atoms with Crippen molar-refractivity contribution in [2.24, 2.45) is 0 Å². The molecule has 0 bridgehead atoms. The minimum atomic E-state index is -0.492. The fraction of sp³-hybridized carbons (Fsp3) is 0.273. The molecule has 0 saturated heterocycles. The van der Waals surface area contributed by atoms with Gasteiger partial charge in [0.1, 0.15) is 17.4 Å². The molecule has 0 aliphatic heterocycles. The minimum absolute atomic E-state index is 0.103. The highest BCUT2D eigenvalue weighted by Crippen LogP contribution is 2.25. The molecule has 0 radical (unpaired) electrons. The largest absolute Gasteiger partial charge is 0.485 e. The predicted octanol–water partition coefficient (Wildman–Crippen LogP) is 4.24. The number of aryl methyl sites for hydroxylation is 2. The van der Waals surface area contributed by atoms with Crippen LogP contribution in [0.2, 0.25) is 0 Å². The number of thioether (sulfide) groups is 1. The zero-order valence-corrected chi connectivity index (χ0v) is 19.7. The van der Waals surface area contributed by atoms with Gasteiger partial charge in [-0.05, 0) is 42.5 Å². The molecule has 1 amide bonds. The average Bonchev–Trinajstić information content (AvgIpc) is 3.39. The van der Waals surface area contributed by atoms with E-state index in [0.717, 1.165) is 16.9 Å². The lowest BCUT2D eigenvalue weighted by atomic mass is 10.1. The van der Waals surface area contributed by atoms with Crippen LogP contribution >= 0.6 is 23.1 Å². The topological polar surface area (TPSA) is 95.3 Å². The van der Waals surface area contributed by atoms with Crippen LogP contribution in [0, 0.1) is 13.8 Å². The highest BCUT2D eigenvalue weighted by atomic mass is 32.2. The van der Waals surface area contributed by atoms with Crippen molar-refractivity contribution in [3.05, 3.63) is 64.8 Å². The van der Waals surface area contributed by atoms with Crippen LogP contribution in [-0.2, 0) is 22.7 Å². The number of allylic oxidation sites excluding steroid dienone is 1. The Bertz CT molecular complexity index is 1120. The molecule has 1 aromatic carbocycles. The lowest BCUT2D eigenvalue weighted by Crippen LogP contribution is -2.16. The minimum Gasteiger partial charge on any atom is -0.485 e. The first-order valence-corrected chi connectivity index (χ1v) is 11.6. The summed E-state index contributed by atoms with van der Waals surface area (Å²) in [6.45, 7) is 8.52. The van der Waals surface area contributed by atoms with Gasteiger partial charge in [-0.15, -0.1) is 28.1 Å². The summed E-state index contributed by atoms with van der Waals surface area (Å²) in [4.78, 5) is 24.2. The molecule has 2 aromatic heterocycles. The summed E-state index contributed by atoms with van der Waals surface area (Å²) in [5.41, 5.74) is 2.48. The summed E-state index contributed by atoms with van der Waals surface area (Å²) in [6, 6.07) is 7.64. The summed E-state index contributed by atoms with van der Waals surface area (Å²) >= 11 is 2.51. The number of thiophene rings is 1. The monoisotopic (exact) mass is 472 g/mol. The van der Waals surface area contributed by atoms with Gasteiger partial charge in [-0.25, -0.2) is 4.79 Å². The number of anilines is 1. The summed E-state index contributed by atoms with van der Waals surface area (Å²) in [6.07, 6.45) is 1.74. The highest BCUT2D eigenvalue weighted by molar-refractivity contribution is 7.99. The lowest BCUT2D eigenvalue weighted by Gasteiger charge is -2.11. The Morgan fingerprint density at radius 3 is 2.84 bits per heavy atom. The average molecular weight is 473 g/mol. The smallest absolute Gasteiger partial charge is 0.340 e. The van der Waals surface area contributed by atoms with Gasteiger partial charge >= 0.3 is 5.97 Å². The summed E-state index contributed by atoms with van der Waals surface area (Å²) in [5, 5.41) is 14.0. The standard InChI is InChI=1S/C22H24N4O4S2/c1-5-9-26-18(12-30-17-11-14(2)6-7-15(17)3)24-25-22(26)32-13-19(27)23-20-16(8-10-31-20)21(28)29-4/h5-8,10-11H,1,9,12-13H2,2-4H3,(H,23,27). The van der Waals surface area contributed by atoms with E-state index in [0.29, 0.717) is 28.1 Å². The Hall–Kier alpha value is -3.11. The van der Waals surface area contributed by atoms with Crippen molar-refractivity contribution in [2.75, 3.05) is 18.2 Å². The van der Waals surface area contributed by atoms with E-state index in [2.05, 4.69) is 22.1 Å². The number of hydrogen-bond donors (Lipinski definition) is 1. The molecule has 0 fully saturated rings. The number of carbonyl (C=O) groups excluding carboxylic acids is 2. The first-order chi connectivity index (χ1) is 15.4. The van der Waals surface area contributed by atoms with Gasteiger partial charge in [0.15, 0.2) is 11.0 Å². The zero-order valence-electron chi connectivity index (χ0n) is 18.1. The molecule has 2 heterocycles. The second kappa shape index (κ2) is 11.0. The molecule has 0 aliphatic rings. The van der Waals surface area contributed by atoms with Crippen molar-refractivity contribution < 1.29 is 19.1 Å². The van der Waals surface area contributed by atoms with E-state index < -0.39 is 5.97 Å². The van der Waals surface area contributed by atoms with Crippen molar-refractivity contribution in [2.45, 2.75) is 32.2 Å². The number of aromatic nitrogens is 3. The number of rotatable bonds is 10. The summed E-state index contributed by atoms with van der Waals surface area (Å²) in [7, 11) is 1.30. The third-order valence-corrected chi connectivity index (χ3v) is 6.26. The molecule has 3 aromatic rings. The molecule has 0 atom stereocenters. The van der Waals surface area contributed by atoms with Gasteiger partial charge in [-0.2, -0.15) is 0 Å². The van der Waals surface area contributed by atoms with Gasteiger partial charge in [0.05, 0.1) is 18.4 Å². The second-order valence-corrected chi connectivity index (χ2v) is 8.71. The summed E-state index contributed by atoms with van der Waals surface area (Å²) in [5.74, 6) is 0.785. The molecular weight excluding hydrogens is 448 g/mol. The maximum Gasteiger partial charge on any atom is 0.340 e. The van der Waals surface area contributed by atoms with Gasteiger partial charge in [0, 0.05) is 6.54 Å². The van der Waals surface area contributed by atoms with Crippen LogP contribution in [-0.4, -0.2) is 39.5 Å². The SMILES string of the molecule is C=CCn1c(COc2cc(C)ccc2C)nnc1SCC(=O)Nc1sccc1C(=O)OC. The molecule has 3 rings (SSSR count). The van der Waals surface area contributed by atoms with E-state index in [1.165, 1.54) is 30.2 Å². The van der Waals surface area contributed by atoms with Crippen LogP contribution in [0.4, 0.5) is 5.00 Å². The molecule has 168 valence electrons. The number of hydrogen-bond acceptors (Lipinski definition) is 8. The Morgan fingerprint density at radius 2 is 2.09 bits per heavy atom. The fourth-order valence-corrected chi connectivity index (χ4v) is 4.38. The van der Waals surface area contributed by atoms with Crippen molar-refractivity contribution in [3.8, 4) is 5.75 Å². The number of carbonyl (C=O) groups is 2. The molecule has 1 N–H and O–H groups in total. The molecule has 32 heavy (non-hydrogen) atoms. The molecule has 10 heteroatoms. The Kier molecular flexibility index (Phi) is 8.07. The van der Waals surface area contributed by atoms with E-state index in [9.17, 15) is 9.59 Å². The van der Waals surface area contributed by atoms with Gasteiger partial charge in [-0.1, -0.05) is 30.0 Å². The van der Waals surface area contributed by atoms with Crippen LogP contribution in [0.3, 0.4) is 0 Å².